The van der Waals surface area contributed by atoms with Crippen LogP contribution in [0.25, 0.3) is 22.7 Å². The van der Waals surface area contributed by atoms with Gasteiger partial charge >= 0.3 is 43.1 Å². The molecule has 2 aromatic rings. The SMILES string of the molecule is CN/C=C\[C-]=N.N#CCC1(N=CC(=CN)/C(C=N)=C/c2ncc(-c3cccc(NC(=O)NCC(F)(F)F)c3)[nH]2)C[N-]C1.[CH3-].[Os]=[Os]. The van der Waals surface area contributed by atoms with Gasteiger partial charge in [-0.05, 0) is 25.3 Å². The molecule has 1 aromatic heterocycles. The van der Waals surface area contributed by atoms with Gasteiger partial charge in [-0.15, -0.1) is 13.1 Å². The normalized spacial score (nSPS) is 13.9. The number of imidazole rings is 1. The van der Waals surface area contributed by atoms with Gasteiger partial charge in [-0.3, -0.25) is 4.99 Å². The zero-order valence-electron chi connectivity index (χ0n) is 24.3. The summed E-state index contributed by atoms with van der Waals surface area (Å²) >= 11 is 3.78. The van der Waals surface area contributed by atoms with E-state index in [9.17, 15) is 18.0 Å². The first-order valence-electron chi connectivity index (χ1n) is 12.4. The molecule has 246 valence electrons. The Kier molecular flexibility index (Phi) is 19.8. The first-order valence-corrected chi connectivity index (χ1v) is 20.7. The van der Waals surface area contributed by atoms with Gasteiger partial charge in [0, 0.05) is 46.6 Å². The number of nitriles is 1. The quantitative estimate of drug-likeness (QED) is 0.0989. The average molecular weight is 977 g/mol. The number of nitrogens with one attached hydrogen (secondary N) is 6. The van der Waals surface area contributed by atoms with Crippen molar-refractivity contribution in [2.75, 3.05) is 32.0 Å². The minimum absolute atomic E-state index is 0. The second-order valence-corrected chi connectivity index (χ2v) is 8.68. The number of anilines is 1. The van der Waals surface area contributed by atoms with Crippen molar-refractivity contribution in [3.8, 4) is 17.3 Å². The van der Waals surface area contributed by atoms with Crippen molar-refractivity contribution in [1.29, 1.82) is 16.1 Å². The Balaban J connectivity index is 0.00000192. The number of H-pyrrole nitrogens is 1. The summed E-state index contributed by atoms with van der Waals surface area (Å²) in [5.41, 5.74) is 7.55. The fraction of sp³-hybridized carbons (Fsp3) is 0.250. The molecule has 0 atom stereocenters. The van der Waals surface area contributed by atoms with E-state index in [-0.39, 0.29) is 19.5 Å². The molecular formula is C28H33F3N11OOs2-3. The predicted molar refractivity (Wildman–Crippen MR) is 163 cm³/mol. The number of benzene rings is 1. The molecule has 0 bridgehead atoms. The van der Waals surface area contributed by atoms with E-state index in [4.69, 9.17) is 21.8 Å². The second kappa shape index (κ2) is 21.7. The number of halogens is 3. The molecule has 1 saturated heterocycles. The molecule has 3 rings (SSSR count). The molecule has 0 radical (unpaired) electrons. The third-order valence-corrected chi connectivity index (χ3v) is 5.47. The van der Waals surface area contributed by atoms with Crippen molar-refractivity contribution in [2.45, 2.75) is 18.1 Å². The van der Waals surface area contributed by atoms with Gasteiger partial charge in [-0.2, -0.15) is 30.8 Å². The number of hydrogen-bond acceptors (Lipinski definition) is 8. The summed E-state index contributed by atoms with van der Waals surface area (Å²) < 4.78 is 36.8. The number of amides is 2. The van der Waals surface area contributed by atoms with Crippen LogP contribution in [-0.2, 0) is 30.8 Å². The molecule has 1 aliphatic heterocycles. The Morgan fingerprint density at radius 1 is 1.36 bits per heavy atom. The summed E-state index contributed by atoms with van der Waals surface area (Å²) in [6, 6.07) is 7.59. The van der Waals surface area contributed by atoms with Crippen LogP contribution in [0.4, 0.5) is 23.7 Å². The average Bonchev–Trinajstić information content (AvgIpc) is 3.47. The van der Waals surface area contributed by atoms with Gasteiger partial charge in [0.1, 0.15) is 12.4 Å². The molecule has 45 heavy (non-hydrogen) atoms. The van der Waals surface area contributed by atoms with Crippen LogP contribution in [0, 0.1) is 29.6 Å². The zero-order valence-corrected chi connectivity index (χ0v) is 29.4. The van der Waals surface area contributed by atoms with Crippen molar-refractivity contribution in [3.05, 3.63) is 78.7 Å². The molecule has 2 heterocycles. The van der Waals surface area contributed by atoms with Crippen LogP contribution in [0.2, 0.25) is 0 Å². The van der Waals surface area contributed by atoms with E-state index in [0.717, 1.165) is 6.21 Å². The van der Waals surface area contributed by atoms with Crippen LogP contribution in [-0.4, -0.2) is 73.0 Å². The van der Waals surface area contributed by atoms with Crippen LogP contribution in [0.15, 0.2) is 65.1 Å². The number of nitrogens with two attached hydrogens (primary N) is 1. The number of aliphatic imine (C=N–C) groups is 1. The Labute approximate surface area is 277 Å². The standard InChI is InChI=1S/C23H23F3N9O.C4H7N2.CH3.2Os/c24-23(25,26)14-32-21(36)34-18-3-1-2-15(6-18)19-11-31-20(35-19)7-16(8-28)17(9-29)10-33-22(4-5-27)12-30-13-22;1-6-4-2-3-5;;;/h1-3,6-11,28H,4,12-14,29H2,(H,31,35)(H2,32,34,36);2,4-6H,1H3;1H3;;/q3*-1;;/b16-7+,17-9?,28-8?,33-10?;4-2-;;;. The van der Waals surface area contributed by atoms with E-state index in [1.807, 2.05) is 30.8 Å². The Hall–Kier alpha value is -3.96. The van der Waals surface area contributed by atoms with E-state index in [1.54, 1.807) is 42.8 Å². The molecule has 0 aliphatic carbocycles. The summed E-state index contributed by atoms with van der Waals surface area (Å²) in [6.07, 6.45) is 7.96. The fourth-order valence-corrected chi connectivity index (χ4v) is 3.33. The van der Waals surface area contributed by atoms with E-state index in [1.165, 1.54) is 30.8 Å². The van der Waals surface area contributed by atoms with Gasteiger partial charge in [0.25, 0.3) is 0 Å². The maximum atomic E-state index is 12.3. The summed E-state index contributed by atoms with van der Waals surface area (Å²) in [5.74, 6) is 0.405. The van der Waals surface area contributed by atoms with Crippen molar-refractivity contribution < 1.29 is 48.8 Å². The number of carbonyl (C=O) groups is 1. The fourth-order valence-electron chi connectivity index (χ4n) is 3.33. The molecule has 17 heteroatoms. The third-order valence-electron chi connectivity index (χ3n) is 5.47. The summed E-state index contributed by atoms with van der Waals surface area (Å²) in [5, 5.41) is 34.1. The molecular weight excluding hydrogens is 944 g/mol. The predicted octanol–water partition coefficient (Wildman–Crippen LogP) is 4.44. The van der Waals surface area contributed by atoms with Crippen LogP contribution >= 0.6 is 0 Å². The number of aromatic nitrogens is 2. The topological polar surface area (TPSA) is 206 Å². The Bertz CT molecular complexity index is 1410. The van der Waals surface area contributed by atoms with Crippen LogP contribution in [0.3, 0.4) is 0 Å². The van der Waals surface area contributed by atoms with Gasteiger partial charge in [-0.25, -0.2) is 15.9 Å². The van der Waals surface area contributed by atoms with E-state index < -0.39 is 24.3 Å². The first kappa shape index (κ1) is 41.0. The molecule has 1 fully saturated rings. The summed E-state index contributed by atoms with van der Waals surface area (Å²) in [4.78, 5) is 23.5. The van der Waals surface area contributed by atoms with E-state index in [2.05, 4.69) is 43.2 Å². The zero-order chi connectivity index (χ0) is 33.0. The molecule has 8 N–H and O–H groups in total. The van der Waals surface area contributed by atoms with Crippen LogP contribution in [0.5, 0.6) is 0 Å². The number of aromatic amines is 1. The molecule has 1 aliphatic rings. The molecule has 1 aromatic carbocycles. The van der Waals surface area contributed by atoms with Crippen LogP contribution < -0.4 is 21.7 Å². The number of allylic oxidation sites excluding steroid dienone is 3. The number of rotatable bonds is 11. The molecule has 12 nitrogen and oxygen atoms in total. The molecule has 2 amide bonds. The molecule has 0 unspecified atom stereocenters. The Morgan fingerprint density at radius 3 is 2.58 bits per heavy atom. The maximum absolute atomic E-state index is 12.3. The number of hydrogen-bond donors (Lipinski definition) is 7. The number of nitrogens with zero attached hydrogens (tertiary/aromatic N) is 4. The summed E-state index contributed by atoms with van der Waals surface area (Å²) in [7, 11) is 1.77. The number of carbonyl (C=O) groups excluding carboxylic acids is 1. The van der Waals surface area contributed by atoms with Crippen molar-refractivity contribution in [2.24, 2.45) is 10.7 Å². The van der Waals surface area contributed by atoms with E-state index in [0.29, 0.717) is 41.3 Å². The van der Waals surface area contributed by atoms with Crippen molar-refractivity contribution in [3.63, 3.8) is 0 Å². The first-order chi connectivity index (χ1) is 21.1. The van der Waals surface area contributed by atoms with Crippen molar-refractivity contribution in [1.82, 2.24) is 20.6 Å². The number of urea groups is 1. The van der Waals surface area contributed by atoms with E-state index >= 15 is 0 Å². The Morgan fingerprint density at radius 2 is 2.07 bits per heavy atom. The monoisotopic (exact) mass is 980 g/mol. The van der Waals surface area contributed by atoms with Gasteiger partial charge in [-0.1, -0.05) is 12.1 Å². The van der Waals surface area contributed by atoms with Gasteiger partial charge in [0.2, 0.25) is 0 Å². The van der Waals surface area contributed by atoms with Crippen LogP contribution in [0.1, 0.15) is 12.2 Å². The minimum atomic E-state index is -4.51. The molecule has 0 saturated carbocycles. The third kappa shape index (κ3) is 15.1. The number of alkyl halides is 3. The molecule has 0 spiro atoms. The van der Waals surface area contributed by atoms with Gasteiger partial charge in [0.15, 0.2) is 0 Å². The van der Waals surface area contributed by atoms with Gasteiger partial charge < -0.3 is 50.2 Å². The second-order valence-electron chi connectivity index (χ2n) is 8.68. The van der Waals surface area contributed by atoms with Gasteiger partial charge in [0.05, 0.1) is 24.4 Å². The van der Waals surface area contributed by atoms with Crippen molar-refractivity contribution >= 4 is 36.4 Å². The summed E-state index contributed by atoms with van der Waals surface area (Å²) in [6.45, 7) is -0.529.